The summed E-state index contributed by atoms with van der Waals surface area (Å²) in [5, 5.41) is -1.02. The third-order valence-corrected chi connectivity index (χ3v) is 3.06. The lowest BCUT2D eigenvalue weighted by atomic mass is 10.1. The number of carbonyl (C=O) groups is 2. The number of carbonyl (C=O) groups excluding carboxylic acids is 2. The summed E-state index contributed by atoms with van der Waals surface area (Å²) in [6.07, 6.45) is 3.65. The van der Waals surface area contributed by atoms with Gasteiger partial charge in [-0.1, -0.05) is 24.3 Å². The number of thiol groups is 1. The highest BCUT2D eigenvalue weighted by Crippen LogP contribution is 2.13. The highest BCUT2D eigenvalue weighted by molar-refractivity contribution is 7.82. The van der Waals surface area contributed by atoms with Crippen molar-refractivity contribution in [3.8, 4) is 5.75 Å². The molecule has 0 aliphatic heterocycles. The molecule has 0 aromatic heterocycles. The second kappa shape index (κ2) is 8.43. The van der Waals surface area contributed by atoms with Crippen LogP contribution in [0.2, 0.25) is 0 Å². The SMILES string of the molecule is CCOC(=O)C(S)C(=O)C/C=C/c1ccc(OC)cc1. The van der Waals surface area contributed by atoms with Crippen molar-refractivity contribution in [2.24, 2.45) is 0 Å². The van der Waals surface area contributed by atoms with Crippen molar-refractivity contribution in [3.05, 3.63) is 35.9 Å². The van der Waals surface area contributed by atoms with E-state index in [-0.39, 0.29) is 18.8 Å². The van der Waals surface area contributed by atoms with Crippen molar-refractivity contribution in [3.63, 3.8) is 0 Å². The number of Topliss-reactive ketones (excluding diaryl/α,β-unsaturated/α-hetero) is 1. The maximum Gasteiger partial charge on any atom is 0.326 e. The number of ketones is 1. The Labute approximate surface area is 124 Å². The molecule has 1 rings (SSSR count). The van der Waals surface area contributed by atoms with Gasteiger partial charge < -0.3 is 9.47 Å². The van der Waals surface area contributed by atoms with Gasteiger partial charge in [-0.15, -0.1) is 0 Å². The van der Waals surface area contributed by atoms with Gasteiger partial charge in [-0.2, -0.15) is 12.6 Å². The Morgan fingerprint density at radius 1 is 1.30 bits per heavy atom. The second-order valence-corrected chi connectivity index (χ2v) is 4.52. The highest BCUT2D eigenvalue weighted by Gasteiger charge is 2.22. The van der Waals surface area contributed by atoms with Crippen LogP contribution in [0.1, 0.15) is 18.9 Å². The van der Waals surface area contributed by atoms with Gasteiger partial charge in [0, 0.05) is 6.42 Å². The van der Waals surface area contributed by atoms with Crippen LogP contribution in [-0.4, -0.2) is 30.7 Å². The zero-order valence-corrected chi connectivity index (χ0v) is 12.4. The standard InChI is InChI=1S/C15H18O4S/c1-3-19-15(17)14(20)13(16)6-4-5-11-7-9-12(18-2)10-8-11/h4-5,7-10,14,20H,3,6H2,1-2H3/b5-4+. The molecule has 20 heavy (non-hydrogen) atoms. The first-order chi connectivity index (χ1) is 9.58. The number of hydrogen-bond acceptors (Lipinski definition) is 5. The molecule has 1 aromatic carbocycles. The quantitative estimate of drug-likeness (QED) is 0.477. The number of allylic oxidation sites excluding steroid dienone is 1. The smallest absolute Gasteiger partial charge is 0.326 e. The molecule has 0 saturated heterocycles. The Balaban J connectivity index is 2.50. The van der Waals surface area contributed by atoms with Crippen LogP contribution in [0.5, 0.6) is 5.75 Å². The van der Waals surface area contributed by atoms with E-state index in [1.165, 1.54) is 0 Å². The topological polar surface area (TPSA) is 52.6 Å². The molecule has 108 valence electrons. The van der Waals surface area contributed by atoms with E-state index in [2.05, 4.69) is 12.6 Å². The van der Waals surface area contributed by atoms with E-state index in [0.717, 1.165) is 11.3 Å². The second-order valence-electron chi connectivity index (χ2n) is 4.00. The number of hydrogen-bond donors (Lipinski definition) is 1. The van der Waals surface area contributed by atoms with Crippen molar-refractivity contribution < 1.29 is 19.1 Å². The summed E-state index contributed by atoms with van der Waals surface area (Å²) >= 11 is 3.97. The molecule has 1 unspecified atom stereocenters. The van der Waals surface area contributed by atoms with Gasteiger partial charge in [-0.3, -0.25) is 9.59 Å². The molecule has 1 atom stereocenters. The molecule has 4 nitrogen and oxygen atoms in total. The predicted octanol–water partition coefficient (Wildman–Crippen LogP) is 2.53. The number of esters is 1. The molecule has 1 aromatic rings. The van der Waals surface area contributed by atoms with E-state index in [1.807, 2.05) is 30.3 Å². The van der Waals surface area contributed by atoms with Crippen LogP contribution in [0.25, 0.3) is 6.08 Å². The van der Waals surface area contributed by atoms with Gasteiger partial charge in [-0.25, -0.2) is 0 Å². The van der Waals surface area contributed by atoms with Crippen LogP contribution in [0.15, 0.2) is 30.3 Å². The molecular formula is C15H18O4S. The first-order valence-corrected chi connectivity index (χ1v) is 6.78. The van der Waals surface area contributed by atoms with Gasteiger partial charge in [0.2, 0.25) is 0 Å². The third kappa shape index (κ3) is 5.09. The Hall–Kier alpha value is -1.75. The van der Waals surface area contributed by atoms with Gasteiger partial charge >= 0.3 is 5.97 Å². The first-order valence-electron chi connectivity index (χ1n) is 6.26. The van der Waals surface area contributed by atoms with E-state index in [1.54, 1.807) is 20.1 Å². The number of benzene rings is 1. The van der Waals surface area contributed by atoms with E-state index in [4.69, 9.17) is 9.47 Å². The van der Waals surface area contributed by atoms with Crippen molar-refractivity contribution >= 4 is 30.5 Å². The molecule has 0 saturated carbocycles. The first kappa shape index (κ1) is 16.3. The van der Waals surface area contributed by atoms with Gasteiger partial charge in [0.1, 0.15) is 5.75 Å². The van der Waals surface area contributed by atoms with Crippen molar-refractivity contribution in [1.29, 1.82) is 0 Å². The number of methoxy groups -OCH3 is 1. The zero-order chi connectivity index (χ0) is 15.0. The van der Waals surface area contributed by atoms with E-state index < -0.39 is 11.2 Å². The minimum atomic E-state index is -1.02. The third-order valence-electron chi connectivity index (χ3n) is 2.56. The van der Waals surface area contributed by atoms with Crippen molar-refractivity contribution in [2.45, 2.75) is 18.6 Å². The average Bonchev–Trinajstić information content (AvgIpc) is 2.47. The fourth-order valence-electron chi connectivity index (χ4n) is 1.49. The lowest BCUT2D eigenvalue weighted by molar-refractivity contribution is -0.144. The largest absolute Gasteiger partial charge is 0.497 e. The summed E-state index contributed by atoms with van der Waals surface area (Å²) in [5.74, 6) is -0.105. The normalized spacial score (nSPS) is 12.2. The highest BCUT2D eigenvalue weighted by atomic mass is 32.1. The molecule has 0 fully saturated rings. The number of rotatable bonds is 7. The summed E-state index contributed by atoms with van der Waals surface area (Å²) in [7, 11) is 1.60. The minimum Gasteiger partial charge on any atom is -0.497 e. The van der Waals surface area contributed by atoms with E-state index in [0.29, 0.717) is 0 Å². The maximum atomic E-state index is 11.7. The fourth-order valence-corrected chi connectivity index (χ4v) is 1.67. The van der Waals surface area contributed by atoms with Crippen LogP contribution in [0, 0.1) is 0 Å². The summed E-state index contributed by atoms with van der Waals surface area (Å²) in [6, 6.07) is 7.43. The summed E-state index contributed by atoms with van der Waals surface area (Å²) in [6.45, 7) is 1.93. The van der Waals surface area contributed by atoms with E-state index >= 15 is 0 Å². The molecule has 0 heterocycles. The molecule has 0 spiro atoms. The van der Waals surface area contributed by atoms with Crippen LogP contribution >= 0.6 is 12.6 Å². The van der Waals surface area contributed by atoms with E-state index in [9.17, 15) is 9.59 Å². The molecule has 0 bridgehead atoms. The minimum absolute atomic E-state index is 0.138. The van der Waals surface area contributed by atoms with Crippen LogP contribution < -0.4 is 4.74 Å². The summed E-state index contributed by atoms with van der Waals surface area (Å²) in [5.41, 5.74) is 0.949. The Morgan fingerprint density at radius 3 is 2.50 bits per heavy atom. The van der Waals surface area contributed by atoms with Crippen molar-refractivity contribution in [1.82, 2.24) is 0 Å². The molecular weight excluding hydrogens is 276 g/mol. The Kier molecular flexibility index (Phi) is 6.87. The van der Waals surface area contributed by atoms with Gasteiger partial charge in [-0.05, 0) is 24.6 Å². The monoisotopic (exact) mass is 294 g/mol. The molecule has 0 radical (unpaired) electrons. The molecule has 0 aliphatic carbocycles. The lowest BCUT2D eigenvalue weighted by Gasteiger charge is -2.06. The van der Waals surface area contributed by atoms with Gasteiger partial charge in [0.05, 0.1) is 13.7 Å². The van der Waals surface area contributed by atoms with Crippen molar-refractivity contribution in [2.75, 3.05) is 13.7 Å². The van der Waals surface area contributed by atoms with Gasteiger partial charge in [0.15, 0.2) is 11.0 Å². The van der Waals surface area contributed by atoms with Crippen LogP contribution in [0.3, 0.4) is 0 Å². The molecule has 0 aliphatic rings. The van der Waals surface area contributed by atoms with Crippen LogP contribution in [0.4, 0.5) is 0 Å². The Bertz CT molecular complexity index is 479. The molecule has 0 amide bonds. The summed E-state index contributed by atoms with van der Waals surface area (Å²) < 4.78 is 9.79. The predicted molar refractivity (Wildman–Crippen MR) is 81.1 cm³/mol. The molecule has 5 heteroatoms. The van der Waals surface area contributed by atoms with Crippen LogP contribution in [-0.2, 0) is 14.3 Å². The number of ether oxygens (including phenoxy) is 2. The lowest BCUT2D eigenvalue weighted by Crippen LogP contribution is -2.26. The van der Waals surface area contributed by atoms with Gasteiger partial charge in [0.25, 0.3) is 0 Å². The zero-order valence-electron chi connectivity index (χ0n) is 11.5. The maximum absolute atomic E-state index is 11.7. The fraction of sp³-hybridized carbons (Fsp3) is 0.333. The average molecular weight is 294 g/mol. The molecule has 0 N–H and O–H groups in total. The summed E-state index contributed by atoms with van der Waals surface area (Å²) in [4.78, 5) is 23.0. The Morgan fingerprint density at radius 2 is 1.95 bits per heavy atom.